The number of phenolic OH excluding ortho intramolecular Hbond substituents is 1. The van der Waals surface area contributed by atoms with Crippen LogP contribution in [0.1, 0.15) is 52.6 Å². The molecule has 41 heavy (non-hydrogen) atoms. The van der Waals surface area contributed by atoms with Gasteiger partial charge in [0.2, 0.25) is 5.91 Å². The molecule has 1 spiro atoms. The first-order valence-electron chi connectivity index (χ1n) is 15.2. The Kier molecular flexibility index (Phi) is 6.46. The Morgan fingerprint density at radius 2 is 1.95 bits per heavy atom. The number of aryl methyl sites for hydroxylation is 2. The van der Waals surface area contributed by atoms with E-state index in [-0.39, 0.29) is 29.2 Å². The first-order valence-corrected chi connectivity index (χ1v) is 15.2. The molecule has 5 nitrogen and oxygen atoms in total. The van der Waals surface area contributed by atoms with Gasteiger partial charge in [-0.05, 0) is 92.8 Å². The lowest BCUT2D eigenvalue weighted by molar-refractivity contribution is -0.135. The number of hydrogen-bond donors (Lipinski definition) is 1. The minimum absolute atomic E-state index is 0.000746. The molecule has 0 radical (unpaired) electrons. The zero-order chi connectivity index (χ0) is 28.3. The Labute approximate surface area is 243 Å². The molecular weight excluding hydrogens is 508 g/mol. The summed E-state index contributed by atoms with van der Waals surface area (Å²) < 4.78 is 6.80. The Bertz CT molecular complexity index is 1510. The van der Waals surface area contributed by atoms with Crippen molar-refractivity contribution in [3.8, 4) is 11.5 Å². The van der Waals surface area contributed by atoms with Crippen molar-refractivity contribution in [2.45, 2.75) is 69.6 Å². The van der Waals surface area contributed by atoms with Crippen LogP contribution in [0.4, 0.5) is 0 Å². The van der Waals surface area contributed by atoms with Crippen molar-refractivity contribution in [2.24, 2.45) is 5.92 Å². The topological polar surface area (TPSA) is 53.0 Å². The normalized spacial score (nSPS) is 27.9. The van der Waals surface area contributed by atoms with Gasteiger partial charge in [-0.25, -0.2) is 0 Å². The maximum Gasteiger partial charge on any atom is 0.246 e. The maximum absolute atomic E-state index is 13.5. The van der Waals surface area contributed by atoms with Crippen LogP contribution in [0.3, 0.4) is 0 Å². The Morgan fingerprint density at radius 1 is 1.12 bits per heavy atom. The van der Waals surface area contributed by atoms with Crippen molar-refractivity contribution < 1.29 is 14.6 Å². The van der Waals surface area contributed by atoms with Gasteiger partial charge in [0.25, 0.3) is 0 Å². The number of piperidine rings is 1. The number of nitrogens with zero attached hydrogens (tertiary/aromatic N) is 2. The summed E-state index contributed by atoms with van der Waals surface area (Å²) in [7, 11) is 1.93. The third-order valence-corrected chi connectivity index (χ3v) is 10.6. The number of amides is 1. The fourth-order valence-electron chi connectivity index (χ4n) is 8.68. The molecule has 5 heteroatoms. The molecule has 2 heterocycles. The van der Waals surface area contributed by atoms with Gasteiger partial charge in [-0.1, -0.05) is 60.2 Å². The lowest BCUT2D eigenvalue weighted by Gasteiger charge is -2.60. The maximum atomic E-state index is 13.5. The van der Waals surface area contributed by atoms with Crippen LogP contribution in [-0.4, -0.2) is 59.1 Å². The number of carbonyl (C=O) groups is 1. The third kappa shape index (κ3) is 4.20. The molecular formula is C36H40N2O3. The second-order valence-electron chi connectivity index (χ2n) is 12.7. The molecule has 4 aliphatic rings. The molecule has 1 saturated carbocycles. The summed E-state index contributed by atoms with van der Waals surface area (Å²) in [5.41, 5.74) is 7.20. The Morgan fingerprint density at radius 3 is 2.76 bits per heavy atom. The number of benzene rings is 3. The van der Waals surface area contributed by atoms with E-state index in [0.29, 0.717) is 17.7 Å². The summed E-state index contributed by atoms with van der Waals surface area (Å²) in [6.45, 7) is 6.26. The summed E-state index contributed by atoms with van der Waals surface area (Å²) in [5.74, 6) is 1.38. The number of hydrogen-bond acceptors (Lipinski definition) is 4. The van der Waals surface area contributed by atoms with Gasteiger partial charge in [-0.2, -0.15) is 0 Å². The lowest BCUT2D eigenvalue weighted by atomic mass is 9.50. The van der Waals surface area contributed by atoms with Crippen LogP contribution < -0.4 is 4.74 Å². The predicted octanol–water partition coefficient (Wildman–Crippen LogP) is 5.83. The van der Waals surface area contributed by atoms with Crippen LogP contribution in [0.15, 0.2) is 66.7 Å². The molecule has 0 unspecified atom stereocenters. The number of rotatable bonds is 6. The number of likely N-dealkylation sites (N-methyl/N-ethyl adjacent to an activating group) is 1. The predicted molar refractivity (Wildman–Crippen MR) is 162 cm³/mol. The van der Waals surface area contributed by atoms with E-state index in [1.54, 1.807) is 6.08 Å². The first kappa shape index (κ1) is 26.3. The fraction of sp³-hybridized carbons (Fsp3) is 0.417. The Balaban J connectivity index is 1.20. The van der Waals surface area contributed by atoms with E-state index in [9.17, 15) is 9.90 Å². The number of ether oxygens (including phenoxy) is 1. The average Bonchev–Trinajstić information content (AvgIpc) is 3.32. The quantitative estimate of drug-likeness (QED) is 0.394. The molecule has 2 aliphatic heterocycles. The summed E-state index contributed by atoms with van der Waals surface area (Å²) in [5, 5.41) is 11.1. The highest BCUT2D eigenvalue weighted by Gasteiger charge is 2.66. The molecule has 1 saturated heterocycles. The monoisotopic (exact) mass is 548 g/mol. The molecule has 0 aromatic heterocycles. The zero-order valence-electron chi connectivity index (χ0n) is 24.3. The number of carbonyl (C=O) groups excluding carboxylic acids is 1. The molecule has 7 rings (SSSR count). The van der Waals surface area contributed by atoms with Crippen LogP contribution in [0, 0.1) is 19.8 Å². The van der Waals surface area contributed by atoms with E-state index in [1.165, 1.54) is 22.3 Å². The molecule has 1 N–H and O–H groups in total. The van der Waals surface area contributed by atoms with Gasteiger partial charge in [-0.3, -0.25) is 9.69 Å². The van der Waals surface area contributed by atoms with E-state index < -0.39 is 0 Å². The molecule has 3 aromatic rings. The van der Waals surface area contributed by atoms with Gasteiger partial charge >= 0.3 is 0 Å². The molecule has 5 atom stereocenters. The van der Waals surface area contributed by atoms with Gasteiger partial charge in [0, 0.05) is 36.7 Å². The number of aromatic hydroxyl groups is 1. The summed E-state index contributed by atoms with van der Waals surface area (Å²) >= 11 is 0. The minimum atomic E-state index is -0.169. The van der Waals surface area contributed by atoms with Gasteiger partial charge in [0.05, 0.1) is 6.04 Å². The molecule has 1 amide bonds. The smallest absolute Gasteiger partial charge is 0.246 e. The Hall–Kier alpha value is -3.57. The molecule has 212 valence electrons. The highest BCUT2D eigenvalue weighted by Crippen LogP contribution is 2.64. The molecule has 2 bridgehead atoms. The van der Waals surface area contributed by atoms with Gasteiger partial charge in [0.1, 0.15) is 6.10 Å². The summed E-state index contributed by atoms with van der Waals surface area (Å²) in [6.07, 6.45) is 8.48. The van der Waals surface area contributed by atoms with Crippen LogP contribution >= 0.6 is 0 Å². The van der Waals surface area contributed by atoms with Crippen LogP contribution in [0.2, 0.25) is 0 Å². The van der Waals surface area contributed by atoms with Crippen molar-refractivity contribution >= 4 is 12.0 Å². The highest BCUT2D eigenvalue weighted by molar-refractivity contribution is 5.92. The van der Waals surface area contributed by atoms with Crippen molar-refractivity contribution in [1.82, 2.24) is 9.80 Å². The summed E-state index contributed by atoms with van der Waals surface area (Å²) in [4.78, 5) is 18.1. The zero-order valence-corrected chi connectivity index (χ0v) is 24.3. The van der Waals surface area contributed by atoms with Gasteiger partial charge < -0.3 is 14.7 Å². The van der Waals surface area contributed by atoms with Crippen LogP contribution in [0.5, 0.6) is 11.5 Å². The van der Waals surface area contributed by atoms with Gasteiger partial charge in [-0.15, -0.1) is 0 Å². The molecule has 3 aromatic carbocycles. The van der Waals surface area contributed by atoms with E-state index in [4.69, 9.17) is 4.74 Å². The number of likely N-dealkylation sites (tertiary alicyclic amines) is 1. The fourth-order valence-corrected chi connectivity index (χ4v) is 8.68. The molecule has 2 aliphatic carbocycles. The van der Waals surface area contributed by atoms with Crippen molar-refractivity contribution in [3.05, 3.63) is 100 Å². The van der Waals surface area contributed by atoms with Gasteiger partial charge in [0.15, 0.2) is 11.5 Å². The summed E-state index contributed by atoms with van der Waals surface area (Å²) in [6, 6.07) is 21.3. The van der Waals surface area contributed by atoms with E-state index in [0.717, 1.165) is 56.3 Å². The molecule has 2 fully saturated rings. The van der Waals surface area contributed by atoms with E-state index in [2.05, 4.69) is 61.2 Å². The standard InChI is InChI=1S/C36H40N2O3/c1-23-8-7-11-26(20-23)12-15-32(40)37(3)29-14-13-28-30-22-27-24(2)21-31(39)34-33(27)36(28,35(29)41-34)17-19-38(30)18-16-25-9-5-4-6-10-25/h4-12,15,20-21,28-30,35,39H,13-14,16-19,22H2,1-3H3/t28-,29-,30+,35-,36-/m0/s1. The van der Waals surface area contributed by atoms with Crippen LogP contribution in [-0.2, 0) is 23.1 Å². The third-order valence-electron chi connectivity index (χ3n) is 10.6. The SMILES string of the molecule is Cc1cccc(C=CC(=O)N(C)[C@H]2CC[C@H]3[C@H]4Cc5c(C)cc(O)c6c5[C@@]3(CCN4CCc3ccccc3)[C@H]2O6)c1. The largest absolute Gasteiger partial charge is 0.504 e. The number of phenols is 1. The van der Waals surface area contributed by atoms with Crippen LogP contribution in [0.25, 0.3) is 6.08 Å². The second-order valence-corrected chi connectivity index (χ2v) is 12.7. The van der Waals surface area contributed by atoms with Crippen molar-refractivity contribution in [1.29, 1.82) is 0 Å². The van der Waals surface area contributed by atoms with E-state index >= 15 is 0 Å². The lowest BCUT2D eigenvalue weighted by Crippen LogP contribution is -2.69. The average molecular weight is 549 g/mol. The van der Waals surface area contributed by atoms with E-state index in [1.807, 2.05) is 36.2 Å². The van der Waals surface area contributed by atoms with Crippen molar-refractivity contribution in [3.63, 3.8) is 0 Å². The minimum Gasteiger partial charge on any atom is -0.504 e. The second kappa shape index (κ2) is 10.1. The van der Waals surface area contributed by atoms with Crippen molar-refractivity contribution in [2.75, 3.05) is 20.1 Å². The highest BCUT2D eigenvalue weighted by atomic mass is 16.5. The first-order chi connectivity index (χ1) is 19.9.